The molecule has 0 aromatic rings. The zero-order valence-electron chi connectivity index (χ0n) is 11.5. The van der Waals surface area contributed by atoms with Crippen LogP contribution in [0.2, 0.25) is 0 Å². The van der Waals surface area contributed by atoms with Crippen LogP contribution in [0.1, 0.15) is 52.4 Å². The Hall–Kier alpha value is -0.570. The van der Waals surface area contributed by atoms with E-state index in [-0.39, 0.29) is 11.9 Å². The molecule has 2 atom stereocenters. The Morgan fingerprint density at radius 1 is 1.35 bits per heavy atom. The minimum absolute atomic E-state index is 0.0439. The second kappa shape index (κ2) is 7.70. The first-order valence-corrected chi connectivity index (χ1v) is 7.00. The third-order valence-electron chi connectivity index (χ3n) is 3.95. The van der Waals surface area contributed by atoms with E-state index in [1.54, 1.807) is 0 Å². The van der Waals surface area contributed by atoms with Gasteiger partial charge in [0.05, 0.1) is 13.0 Å². The molecule has 2 unspecified atom stereocenters. The summed E-state index contributed by atoms with van der Waals surface area (Å²) in [5.41, 5.74) is 0. The maximum Gasteiger partial charge on any atom is 0.309 e. The van der Waals surface area contributed by atoms with Crippen LogP contribution in [0.4, 0.5) is 0 Å². The van der Waals surface area contributed by atoms with Crippen LogP contribution in [0.15, 0.2) is 0 Å². The van der Waals surface area contributed by atoms with Crippen molar-refractivity contribution >= 4 is 5.97 Å². The highest BCUT2D eigenvalue weighted by atomic mass is 16.5. The molecule has 0 bridgehead atoms. The molecule has 1 aliphatic rings. The van der Waals surface area contributed by atoms with Crippen molar-refractivity contribution in [1.82, 2.24) is 5.32 Å². The Bertz CT molecular complexity index is 224. The Labute approximate surface area is 105 Å². The highest BCUT2D eigenvalue weighted by Crippen LogP contribution is 2.27. The highest BCUT2D eigenvalue weighted by molar-refractivity contribution is 5.72. The predicted octanol–water partition coefficient (Wildman–Crippen LogP) is 2.74. The first-order chi connectivity index (χ1) is 8.19. The van der Waals surface area contributed by atoms with Crippen molar-refractivity contribution < 1.29 is 9.53 Å². The van der Waals surface area contributed by atoms with Crippen LogP contribution in [0, 0.1) is 11.8 Å². The smallest absolute Gasteiger partial charge is 0.309 e. The van der Waals surface area contributed by atoms with E-state index in [0.717, 1.165) is 18.9 Å². The molecule has 100 valence electrons. The maximum atomic E-state index is 11.3. The van der Waals surface area contributed by atoms with Crippen LogP contribution in [-0.4, -0.2) is 25.7 Å². The second-order valence-electron chi connectivity index (χ2n) is 5.25. The lowest BCUT2D eigenvalue weighted by atomic mass is 9.83. The van der Waals surface area contributed by atoms with Gasteiger partial charge in [-0.25, -0.2) is 0 Å². The molecule has 1 aliphatic carbocycles. The SMILES string of the molecule is CCC(NCC(C)C(=O)OC)C1CCCCC1. The van der Waals surface area contributed by atoms with E-state index >= 15 is 0 Å². The van der Waals surface area contributed by atoms with Gasteiger partial charge in [-0.15, -0.1) is 0 Å². The van der Waals surface area contributed by atoms with Gasteiger partial charge in [0.15, 0.2) is 0 Å². The molecule has 3 nitrogen and oxygen atoms in total. The molecule has 0 aliphatic heterocycles. The Kier molecular flexibility index (Phi) is 6.56. The van der Waals surface area contributed by atoms with Gasteiger partial charge in [-0.3, -0.25) is 4.79 Å². The lowest BCUT2D eigenvalue weighted by molar-refractivity contribution is -0.144. The molecule has 3 heteroatoms. The van der Waals surface area contributed by atoms with Gasteiger partial charge in [0, 0.05) is 12.6 Å². The van der Waals surface area contributed by atoms with Crippen LogP contribution in [0.25, 0.3) is 0 Å². The molecule has 0 radical (unpaired) electrons. The minimum Gasteiger partial charge on any atom is -0.469 e. The molecule has 1 saturated carbocycles. The number of ether oxygens (including phenoxy) is 1. The van der Waals surface area contributed by atoms with E-state index in [9.17, 15) is 4.79 Å². The van der Waals surface area contributed by atoms with Crippen LogP contribution < -0.4 is 5.32 Å². The lowest BCUT2D eigenvalue weighted by Gasteiger charge is -2.31. The number of methoxy groups -OCH3 is 1. The van der Waals surface area contributed by atoms with Gasteiger partial charge in [-0.2, -0.15) is 0 Å². The van der Waals surface area contributed by atoms with Gasteiger partial charge in [0.1, 0.15) is 0 Å². The normalized spacial score (nSPS) is 20.9. The van der Waals surface area contributed by atoms with Gasteiger partial charge >= 0.3 is 5.97 Å². The summed E-state index contributed by atoms with van der Waals surface area (Å²) < 4.78 is 4.74. The van der Waals surface area contributed by atoms with Crippen LogP contribution in [0.3, 0.4) is 0 Å². The summed E-state index contributed by atoms with van der Waals surface area (Å²) in [4.78, 5) is 11.3. The molecular formula is C14H27NO2. The first-order valence-electron chi connectivity index (χ1n) is 7.00. The zero-order chi connectivity index (χ0) is 12.7. The Morgan fingerprint density at radius 3 is 2.53 bits per heavy atom. The molecule has 1 fully saturated rings. The van der Waals surface area contributed by atoms with Crippen LogP contribution in [-0.2, 0) is 9.53 Å². The summed E-state index contributed by atoms with van der Waals surface area (Å²) in [6.45, 7) is 4.89. The van der Waals surface area contributed by atoms with Crippen LogP contribution >= 0.6 is 0 Å². The van der Waals surface area contributed by atoms with E-state index in [2.05, 4.69) is 12.2 Å². The largest absolute Gasteiger partial charge is 0.469 e. The maximum absolute atomic E-state index is 11.3. The molecule has 1 rings (SSSR count). The molecule has 0 saturated heterocycles. The van der Waals surface area contributed by atoms with Crippen LogP contribution in [0.5, 0.6) is 0 Å². The van der Waals surface area contributed by atoms with Crippen molar-refractivity contribution in [2.45, 2.75) is 58.4 Å². The summed E-state index contributed by atoms with van der Waals surface area (Å²) in [5, 5.41) is 3.55. The summed E-state index contributed by atoms with van der Waals surface area (Å²) in [7, 11) is 1.46. The molecule has 1 N–H and O–H groups in total. The summed E-state index contributed by atoms with van der Waals surface area (Å²) in [6, 6.07) is 0.572. The van der Waals surface area contributed by atoms with E-state index in [1.165, 1.54) is 39.2 Å². The van der Waals surface area contributed by atoms with E-state index in [0.29, 0.717) is 6.04 Å². The number of nitrogens with one attached hydrogen (secondary N) is 1. The number of esters is 1. The van der Waals surface area contributed by atoms with Gasteiger partial charge in [0.25, 0.3) is 0 Å². The topological polar surface area (TPSA) is 38.3 Å². The van der Waals surface area contributed by atoms with Crippen molar-refractivity contribution in [3.63, 3.8) is 0 Å². The van der Waals surface area contributed by atoms with E-state index < -0.39 is 0 Å². The first kappa shape index (κ1) is 14.5. The second-order valence-corrected chi connectivity index (χ2v) is 5.25. The van der Waals surface area contributed by atoms with Gasteiger partial charge in [-0.1, -0.05) is 33.1 Å². The van der Waals surface area contributed by atoms with Crippen molar-refractivity contribution in [1.29, 1.82) is 0 Å². The number of carbonyl (C=O) groups is 1. The van der Waals surface area contributed by atoms with Gasteiger partial charge < -0.3 is 10.1 Å². The molecular weight excluding hydrogens is 214 g/mol. The number of hydrogen-bond acceptors (Lipinski definition) is 3. The number of carbonyl (C=O) groups excluding carboxylic acids is 1. The Balaban J connectivity index is 2.33. The molecule has 0 heterocycles. The fourth-order valence-electron chi connectivity index (χ4n) is 2.79. The fourth-order valence-corrected chi connectivity index (χ4v) is 2.79. The standard InChI is InChI=1S/C14H27NO2/c1-4-13(12-8-6-5-7-9-12)15-10-11(2)14(16)17-3/h11-13,15H,4-10H2,1-3H3. The lowest BCUT2D eigenvalue weighted by Crippen LogP contribution is -2.40. The molecule has 0 spiro atoms. The van der Waals surface area contributed by atoms with Crippen molar-refractivity contribution in [3.8, 4) is 0 Å². The number of hydrogen-bond donors (Lipinski definition) is 1. The molecule has 17 heavy (non-hydrogen) atoms. The fraction of sp³-hybridized carbons (Fsp3) is 0.929. The van der Waals surface area contributed by atoms with Gasteiger partial charge in [-0.05, 0) is 25.2 Å². The molecule has 0 aromatic heterocycles. The number of rotatable bonds is 6. The van der Waals surface area contributed by atoms with Crippen molar-refractivity contribution in [2.75, 3.05) is 13.7 Å². The van der Waals surface area contributed by atoms with E-state index in [1.807, 2.05) is 6.92 Å². The Morgan fingerprint density at radius 2 is 2.00 bits per heavy atom. The average Bonchev–Trinajstić information content (AvgIpc) is 2.39. The zero-order valence-corrected chi connectivity index (χ0v) is 11.5. The summed E-state index contributed by atoms with van der Waals surface area (Å²) in [5.74, 6) is 0.646. The third-order valence-corrected chi connectivity index (χ3v) is 3.95. The quantitative estimate of drug-likeness (QED) is 0.727. The third kappa shape index (κ3) is 4.66. The summed E-state index contributed by atoms with van der Waals surface area (Å²) >= 11 is 0. The molecule has 0 amide bonds. The predicted molar refractivity (Wildman–Crippen MR) is 69.8 cm³/mol. The molecule has 0 aromatic carbocycles. The highest BCUT2D eigenvalue weighted by Gasteiger charge is 2.23. The monoisotopic (exact) mass is 241 g/mol. The van der Waals surface area contributed by atoms with E-state index in [4.69, 9.17) is 4.74 Å². The average molecular weight is 241 g/mol. The van der Waals surface area contributed by atoms with Gasteiger partial charge in [0.2, 0.25) is 0 Å². The minimum atomic E-state index is -0.115. The summed E-state index contributed by atoms with van der Waals surface area (Å²) in [6.07, 6.45) is 7.98. The van der Waals surface area contributed by atoms with Crippen molar-refractivity contribution in [3.05, 3.63) is 0 Å². The van der Waals surface area contributed by atoms with Crippen molar-refractivity contribution in [2.24, 2.45) is 11.8 Å².